The van der Waals surface area contributed by atoms with Crippen LogP contribution in [-0.2, 0) is 9.59 Å². The zero-order chi connectivity index (χ0) is 17.6. The van der Waals surface area contributed by atoms with Gasteiger partial charge in [-0.1, -0.05) is 34.1 Å². The summed E-state index contributed by atoms with van der Waals surface area (Å²) in [5.74, 6) is -1.12. The van der Waals surface area contributed by atoms with Crippen LogP contribution in [0.2, 0.25) is 0 Å². The molecule has 0 fully saturated rings. The van der Waals surface area contributed by atoms with Gasteiger partial charge in [0.1, 0.15) is 0 Å². The van der Waals surface area contributed by atoms with Gasteiger partial charge in [-0.2, -0.15) is 0 Å². The molecule has 1 N–H and O–H groups in total. The van der Waals surface area contributed by atoms with Crippen LogP contribution in [0.5, 0.6) is 0 Å². The molecule has 122 valence electrons. The van der Waals surface area contributed by atoms with Crippen molar-refractivity contribution in [1.29, 1.82) is 0 Å². The lowest BCUT2D eigenvalue weighted by Gasteiger charge is -2.04. The molecule has 25 heavy (non-hydrogen) atoms. The van der Waals surface area contributed by atoms with Gasteiger partial charge in [0.15, 0.2) is 0 Å². The van der Waals surface area contributed by atoms with E-state index in [0.29, 0.717) is 16.6 Å². The van der Waals surface area contributed by atoms with Crippen molar-refractivity contribution in [1.82, 2.24) is 9.88 Å². The van der Waals surface area contributed by atoms with Crippen LogP contribution >= 0.6 is 15.9 Å². The zero-order valence-electron chi connectivity index (χ0n) is 12.8. The highest BCUT2D eigenvalue weighted by atomic mass is 79.9. The van der Waals surface area contributed by atoms with Gasteiger partial charge in [-0.05, 0) is 30.3 Å². The van der Waals surface area contributed by atoms with E-state index < -0.39 is 11.8 Å². The van der Waals surface area contributed by atoms with Crippen LogP contribution in [0.25, 0.3) is 16.5 Å². The van der Waals surface area contributed by atoms with Crippen LogP contribution in [0, 0.1) is 0 Å². The number of amides is 2. The van der Waals surface area contributed by atoms with Crippen LogP contribution in [0.4, 0.5) is 0 Å². The van der Waals surface area contributed by atoms with Crippen molar-refractivity contribution in [3.8, 4) is 0 Å². The fraction of sp³-hybridized carbons (Fsp3) is 0. The third-order valence-electron chi connectivity index (χ3n) is 4.05. The second-order valence-electron chi connectivity index (χ2n) is 5.62. The zero-order valence-corrected chi connectivity index (χ0v) is 14.4. The van der Waals surface area contributed by atoms with Gasteiger partial charge in [-0.25, -0.2) is 0 Å². The molecular formula is C19H11BrN2O3. The molecule has 0 radical (unpaired) electrons. The predicted octanol–water partition coefficient (Wildman–Crippen LogP) is 3.13. The van der Waals surface area contributed by atoms with Crippen molar-refractivity contribution in [2.45, 2.75) is 0 Å². The molecule has 0 spiro atoms. The van der Waals surface area contributed by atoms with Crippen molar-refractivity contribution in [2.75, 3.05) is 0 Å². The Kier molecular flexibility index (Phi) is 3.62. The van der Waals surface area contributed by atoms with Crippen molar-refractivity contribution in [3.63, 3.8) is 0 Å². The molecule has 1 aliphatic heterocycles. The molecule has 4 rings (SSSR count). The molecule has 2 heterocycles. The minimum Gasteiger partial charge on any atom is -0.289 e. The lowest BCUT2D eigenvalue weighted by Crippen LogP contribution is -2.21. The Morgan fingerprint density at radius 2 is 1.80 bits per heavy atom. The van der Waals surface area contributed by atoms with E-state index in [-0.39, 0.29) is 11.5 Å². The molecule has 3 aromatic rings. The van der Waals surface area contributed by atoms with E-state index in [1.807, 2.05) is 18.2 Å². The Hall–Kier alpha value is -2.99. The first-order valence-corrected chi connectivity index (χ1v) is 8.31. The number of halogens is 1. The molecule has 0 unspecified atom stereocenters. The quantitative estimate of drug-likeness (QED) is 0.678. The molecule has 0 bridgehead atoms. The Balaban J connectivity index is 1.95. The SMILES string of the molecule is O=C1C=C(c2cn(C(=O)c3ccccc3)c3ccc(Br)cc23)C(=O)N1. The molecule has 1 aliphatic rings. The number of nitrogens with zero attached hydrogens (tertiary/aromatic N) is 1. The first-order chi connectivity index (χ1) is 12.0. The highest BCUT2D eigenvalue weighted by molar-refractivity contribution is 9.10. The smallest absolute Gasteiger partial charge is 0.262 e. The third-order valence-corrected chi connectivity index (χ3v) is 4.55. The number of carbonyl (C=O) groups excluding carboxylic acids is 3. The number of carbonyl (C=O) groups is 3. The van der Waals surface area contributed by atoms with Gasteiger partial charge < -0.3 is 0 Å². The van der Waals surface area contributed by atoms with E-state index in [9.17, 15) is 14.4 Å². The van der Waals surface area contributed by atoms with Gasteiger partial charge in [-0.3, -0.25) is 24.3 Å². The number of fused-ring (bicyclic) bond motifs is 1. The Morgan fingerprint density at radius 1 is 1.04 bits per heavy atom. The lowest BCUT2D eigenvalue weighted by molar-refractivity contribution is -0.123. The van der Waals surface area contributed by atoms with Crippen molar-refractivity contribution in [3.05, 3.63) is 76.4 Å². The first-order valence-electron chi connectivity index (χ1n) is 7.52. The summed E-state index contributed by atoms with van der Waals surface area (Å²) in [5.41, 5.74) is 2.01. The summed E-state index contributed by atoms with van der Waals surface area (Å²) in [6, 6.07) is 14.4. The summed E-state index contributed by atoms with van der Waals surface area (Å²) in [6.45, 7) is 0. The number of aromatic nitrogens is 1. The molecule has 5 nitrogen and oxygen atoms in total. The maximum absolute atomic E-state index is 12.9. The molecule has 0 saturated carbocycles. The number of imide groups is 1. The van der Waals surface area contributed by atoms with Crippen LogP contribution in [-0.4, -0.2) is 22.3 Å². The molecular weight excluding hydrogens is 384 g/mol. The minimum atomic E-state index is -0.462. The Labute approximate surface area is 151 Å². The normalized spacial score (nSPS) is 13.9. The van der Waals surface area contributed by atoms with Crippen LogP contribution in [0.1, 0.15) is 15.9 Å². The molecule has 0 aliphatic carbocycles. The van der Waals surface area contributed by atoms with Crippen molar-refractivity contribution in [2.24, 2.45) is 0 Å². The predicted molar refractivity (Wildman–Crippen MR) is 96.9 cm³/mol. The summed E-state index contributed by atoms with van der Waals surface area (Å²) < 4.78 is 2.32. The van der Waals surface area contributed by atoms with E-state index >= 15 is 0 Å². The first kappa shape index (κ1) is 15.5. The van der Waals surface area contributed by atoms with Crippen molar-refractivity contribution < 1.29 is 14.4 Å². The van der Waals surface area contributed by atoms with E-state index in [0.717, 1.165) is 9.86 Å². The fourth-order valence-electron chi connectivity index (χ4n) is 2.92. The van der Waals surface area contributed by atoms with E-state index in [2.05, 4.69) is 21.2 Å². The lowest BCUT2D eigenvalue weighted by atomic mass is 10.1. The number of benzene rings is 2. The molecule has 2 aromatic carbocycles. The molecule has 0 saturated heterocycles. The van der Waals surface area contributed by atoms with Gasteiger partial charge in [0.05, 0.1) is 11.1 Å². The number of nitrogens with one attached hydrogen (secondary N) is 1. The standard InChI is InChI=1S/C19H11BrN2O3/c20-12-6-7-16-13(8-12)15(14-9-17(23)21-18(14)24)10-22(16)19(25)11-4-2-1-3-5-11/h1-10H,(H,21,23,24). The molecule has 0 atom stereocenters. The van der Waals surface area contributed by atoms with Gasteiger partial charge in [-0.15, -0.1) is 0 Å². The van der Waals surface area contributed by atoms with Gasteiger partial charge >= 0.3 is 0 Å². The highest BCUT2D eigenvalue weighted by Crippen LogP contribution is 2.31. The molecule has 1 aromatic heterocycles. The van der Waals surface area contributed by atoms with E-state index in [4.69, 9.17) is 0 Å². The minimum absolute atomic E-state index is 0.204. The highest BCUT2D eigenvalue weighted by Gasteiger charge is 2.26. The van der Waals surface area contributed by atoms with Gasteiger partial charge in [0.25, 0.3) is 17.7 Å². The second-order valence-corrected chi connectivity index (χ2v) is 6.54. The number of hydrogen-bond acceptors (Lipinski definition) is 3. The van der Waals surface area contributed by atoms with Gasteiger partial charge in [0.2, 0.25) is 0 Å². The van der Waals surface area contributed by atoms with Crippen molar-refractivity contribution >= 4 is 50.1 Å². The summed E-state index contributed by atoms with van der Waals surface area (Å²) in [4.78, 5) is 36.5. The maximum atomic E-state index is 12.9. The van der Waals surface area contributed by atoms with E-state index in [1.165, 1.54) is 10.6 Å². The van der Waals surface area contributed by atoms with Crippen LogP contribution < -0.4 is 5.32 Å². The monoisotopic (exact) mass is 394 g/mol. The molecule has 6 heteroatoms. The van der Waals surface area contributed by atoms with Crippen LogP contribution in [0.3, 0.4) is 0 Å². The maximum Gasteiger partial charge on any atom is 0.262 e. The largest absolute Gasteiger partial charge is 0.289 e. The Morgan fingerprint density at radius 3 is 2.48 bits per heavy atom. The average molecular weight is 395 g/mol. The van der Waals surface area contributed by atoms with E-state index in [1.54, 1.807) is 36.5 Å². The summed E-state index contributed by atoms with van der Waals surface area (Å²) >= 11 is 3.41. The Bertz CT molecular complexity index is 1080. The van der Waals surface area contributed by atoms with Crippen LogP contribution in [0.15, 0.2) is 65.3 Å². The second kappa shape index (κ2) is 5.82. The number of hydrogen-bond donors (Lipinski definition) is 1. The molecule has 2 amide bonds. The number of rotatable bonds is 2. The average Bonchev–Trinajstić information content (AvgIpc) is 3.14. The summed E-state index contributed by atoms with van der Waals surface area (Å²) in [6.07, 6.45) is 2.87. The fourth-order valence-corrected chi connectivity index (χ4v) is 3.28. The summed E-state index contributed by atoms with van der Waals surface area (Å²) in [7, 11) is 0. The summed E-state index contributed by atoms with van der Waals surface area (Å²) in [5, 5.41) is 2.96. The van der Waals surface area contributed by atoms with Gasteiger partial charge in [0, 0.05) is 33.3 Å². The third kappa shape index (κ3) is 2.60. The topological polar surface area (TPSA) is 68.2 Å².